The molecular weight excluding hydrogens is 432 g/mol. The summed E-state index contributed by atoms with van der Waals surface area (Å²) in [6.45, 7) is 3.88. The number of benzene rings is 2. The van der Waals surface area contributed by atoms with Gasteiger partial charge in [0.05, 0.1) is 18.0 Å². The monoisotopic (exact) mass is 452 g/mol. The molecule has 2 aromatic carbocycles. The summed E-state index contributed by atoms with van der Waals surface area (Å²) in [5, 5.41) is 13.1. The molecule has 0 saturated heterocycles. The first-order valence-electron chi connectivity index (χ1n) is 9.76. The minimum atomic E-state index is -0.408. The Morgan fingerprint density at radius 1 is 1.16 bits per heavy atom. The molecule has 0 aliphatic rings. The fraction of sp³-hybridized carbons (Fsp3) is 0.174. The molecule has 1 atom stereocenters. The van der Waals surface area contributed by atoms with Crippen molar-refractivity contribution in [3.63, 3.8) is 0 Å². The highest BCUT2D eigenvalue weighted by Crippen LogP contribution is 2.30. The van der Waals surface area contributed by atoms with Crippen LogP contribution in [0.25, 0.3) is 5.69 Å². The number of hydrogen-bond donors (Lipinski definition) is 1. The molecule has 2 aromatic heterocycles. The fourth-order valence-electron chi connectivity index (χ4n) is 3.17. The molecule has 0 aliphatic heterocycles. The summed E-state index contributed by atoms with van der Waals surface area (Å²) in [7, 11) is 0. The maximum absolute atomic E-state index is 12.5. The lowest BCUT2D eigenvalue weighted by Crippen LogP contribution is -2.28. The van der Waals surface area contributed by atoms with Gasteiger partial charge in [0.25, 0.3) is 5.91 Å². The molecule has 4 rings (SSSR count). The summed E-state index contributed by atoms with van der Waals surface area (Å²) in [5.41, 5.74) is 3.09. The Kier molecular flexibility index (Phi) is 6.44. The molecule has 2 heterocycles. The van der Waals surface area contributed by atoms with Gasteiger partial charge in [-0.1, -0.05) is 59.8 Å². The number of nitrogens with zero attached hydrogens (tertiary/aromatic N) is 3. The van der Waals surface area contributed by atoms with E-state index < -0.39 is 6.04 Å². The van der Waals surface area contributed by atoms with Crippen LogP contribution in [0.5, 0.6) is 0 Å². The maximum atomic E-state index is 12.5. The second kappa shape index (κ2) is 9.41. The van der Waals surface area contributed by atoms with Crippen LogP contribution in [0.2, 0.25) is 5.02 Å². The zero-order valence-electron chi connectivity index (χ0n) is 17.1. The molecule has 8 heteroatoms. The first kappa shape index (κ1) is 21.2. The van der Waals surface area contributed by atoms with Crippen molar-refractivity contribution < 1.29 is 9.21 Å². The van der Waals surface area contributed by atoms with E-state index in [1.165, 1.54) is 11.8 Å². The summed E-state index contributed by atoms with van der Waals surface area (Å²) in [6.07, 6.45) is 1.47. The van der Waals surface area contributed by atoms with E-state index in [0.29, 0.717) is 10.8 Å². The van der Waals surface area contributed by atoms with Crippen molar-refractivity contribution in [1.29, 1.82) is 0 Å². The lowest BCUT2D eigenvalue weighted by atomic mass is 10.2. The minimum Gasteiger partial charge on any atom is -0.459 e. The van der Waals surface area contributed by atoms with Gasteiger partial charge < -0.3 is 9.73 Å². The Hall–Kier alpha value is -3.03. The van der Waals surface area contributed by atoms with Crippen molar-refractivity contribution in [3.05, 3.63) is 94.7 Å². The molecule has 4 aromatic rings. The maximum Gasteiger partial charge on any atom is 0.287 e. The number of furan rings is 1. The highest BCUT2D eigenvalue weighted by atomic mass is 35.5. The number of carbonyl (C=O) groups excluding carboxylic acids is 1. The predicted molar refractivity (Wildman–Crippen MR) is 122 cm³/mol. The first-order valence-corrected chi connectivity index (χ1v) is 11.1. The number of amides is 1. The van der Waals surface area contributed by atoms with Gasteiger partial charge >= 0.3 is 0 Å². The SMILES string of the molecule is Cc1ccc(Cl)cc1-n1c(SCc2ccccc2)nnc1C(C)NC(=O)c1ccco1. The second-order valence-electron chi connectivity index (χ2n) is 7.05. The average Bonchev–Trinajstić information content (AvgIpc) is 3.45. The third kappa shape index (κ3) is 4.84. The van der Waals surface area contributed by atoms with Crippen LogP contribution in [0.3, 0.4) is 0 Å². The van der Waals surface area contributed by atoms with E-state index in [0.717, 1.165) is 22.2 Å². The topological polar surface area (TPSA) is 73.0 Å². The average molecular weight is 453 g/mol. The van der Waals surface area contributed by atoms with Crippen molar-refractivity contribution in [2.45, 2.75) is 30.8 Å². The molecule has 0 spiro atoms. The largest absolute Gasteiger partial charge is 0.459 e. The zero-order valence-corrected chi connectivity index (χ0v) is 18.7. The van der Waals surface area contributed by atoms with E-state index in [9.17, 15) is 4.79 Å². The van der Waals surface area contributed by atoms with E-state index in [2.05, 4.69) is 27.6 Å². The Bertz CT molecular complexity index is 1180. The molecule has 158 valence electrons. The van der Waals surface area contributed by atoms with Gasteiger partial charge in [0.1, 0.15) is 0 Å². The van der Waals surface area contributed by atoms with Crippen molar-refractivity contribution in [1.82, 2.24) is 20.1 Å². The minimum absolute atomic E-state index is 0.246. The van der Waals surface area contributed by atoms with Gasteiger partial charge in [-0.15, -0.1) is 10.2 Å². The number of nitrogens with one attached hydrogen (secondary N) is 1. The van der Waals surface area contributed by atoms with Crippen molar-refractivity contribution in [3.8, 4) is 5.69 Å². The van der Waals surface area contributed by atoms with Crippen LogP contribution in [-0.4, -0.2) is 20.7 Å². The molecule has 0 aliphatic carbocycles. The Morgan fingerprint density at radius 2 is 1.97 bits per heavy atom. The van der Waals surface area contributed by atoms with Gasteiger partial charge in [-0.2, -0.15) is 0 Å². The highest BCUT2D eigenvalue weighted by Gasteiger charge is 2.23. The number of rotatable bonds is 7. The van der Waals surface area contributed by atoms with Crippen LogP contribution in [0.15, 0.2) is 76.5 Å². The zero-order chi connectivity index (χ0) is 21.8. The third-order valence-electron chi connectivity index (χ3n) is 4.76. The molecule has 1 amide bonds. The molecule has 1 unspecified atom stereocenters. The molecule has 0 bridgehead atoms. The number of aryl methyl sites for hydroxylation is 1. The fourth-order valence-corrected chi connectivity index (χ4v) is 4.24. The smallest absolute Gasteiger partial charge is 0.287 e. The Morgan fingerprint density at radius 3 is 2.71 bits per heavy atom. The van der Waals surface area contributed by atoms with Gasteiger partial charge in [0.15, 0.2) is 16.7 Å². The Labute approximate surface area is 189 Å². The summed E-state index contributed by atoms with van der Waals surface area (Å²) >= 11 is 7.88. The second-order valence-corrected chi connectivity index (χ2v) is 8.43. The molecule has 0 saturated carbocycles. The summed E-state index contributed by atoms with van der Waals surface area (Å²) in [6, 6.07) is 18.8. The van der Waals surface area contributed by atoms with E-state index in [1.807, 2.05) is 54.8 Å². The predicted octanol–water partition coefficient (Wildman–Crippen LogP) is 5.61. The van der Waals surface area contributed by atoms with Crippen LogP contribution < -0.4 is 5.32 Å². The summed E-state index contributed by atoms with van der Waals surface area (Å²) < 4.78 is 7.16. The van der Waals surface area contributed by atoms with Gasteiger partial charge in [-0.05, 0) is 49.2 Å². The van der Waals surface area contributed by atoms with Crippen molar-refractivity contribution in [2.75, 3.05) is 0 Å². The van der Waals surface area contributed by atoms with E-state index in [4.69, 9.17) is 16.0 Å². The molecule has 31 heavy (non-hydrogen) atoms. The van der Waals surface area contributed by atoms with E-state index in [-0.39, 0.29) is 11.7 Å². The lowest BCUT2D eigenvalue weighted by molar-refractivity contribution is 0.0910. The number of thioether (sulfide) groups is 1. The normalized spacial score (nSPS) is 12.0. The molecule has 6 nitrogen and oxygen atoms in total. The summed E-state index contributed by atoms with van der Waals surface area (Å²) in [4.78, 5) is 12.5. The van der Waals surface area contributed by atoms with Crippen LogP contribution in [-0.2, 0) is 5.75 Å². The van der Waals surface area contributed by atoms with Gasteiger partial charge in [-0.3, -0.25) is 9.36 Å². The standard InChI is InChI=1S/C23H21ClN4O2S/c1-15-10-11-18(24)13-19(15)28-21(16(2)25-22(29)20-9-6-12-30-20)26-27-23(28)31-14-17-7-4-3-5-8-17/h3-13,16H,14H2,1-2H3,(H,25,29). The molecular formula is C23H21ClN4O2S. The van der Waals surface area contributed by atoms with Crippen molar-refractivity contribution in [2.24, 2.45) is 0 Å². The first-order chi connectivity index (χ1) is 15.0. The number of hydrogen-bond acceptors (Lipinski definition) is 5. The molecule has 0 fully saturated rings. The number of aromatic nitrogens is 3. The van der Waals surface area contributed by atoms with Crippen LogP contribution in [0.1, 0.15) is 40.5 Å². The quantitative estimate of drug-likeness (QED) is 0.369. The molecule has 0 radical (unpaired) electrons. The van der Waals surface area contributed by atoms with Gasteiger partial charge in [0, 0.05) is 10.8 Å². The van der Waals surface area contributed by atoms with E-state index >= 15 is 0 Å². The van der Waals surface area contributed by atoms with Gasteiger partial charge in [-0.25, -0.2) is 0 Å². The van der Waals surface area contributed by atoms with E-state index in [1.54, 1.807) is 23.9 Å². The lowest BCUT2D eigenvalue weighted by Gasteiger charge is -2.17. The van der Waals surface area contributed by atoms with Crippen LogP contribution in [0.4, 0.5) is 0 Å². The van der Waals surface area contributed by atoms with Crippen molar-refractivity contribution >= 4 is 29.3 Å². The number of halogens is 1. The third-order valence-corrected chi connectivity index (χ3v) is 6.00. The highest BCUT2D eigenvalue weighted by molar-refractivity contribution is 7.98. The van der Waals surface area contributed by atoms with Gasteiger partial charge in [0.2, 0.25) is 0 Å². The van der Waals surface area contributed by atoms with Crippen LogP contribution in [0, 0.1) is 6.92 Å². The Balaban J connectivity index is 1.68. The summed E-state index contributed by atoms with van der Waals surface area (Å²) in [5.74, 6) is 1.29. The number of carbonyl (C=O) groups is 1. The van der Waals surface area contributed by atoms with Crippen LogP contribution >= 0.6 is 23.4 Å². The molecule has 1 N–H and O–H groups in total.